The third-order valence-corrected chi connectivity index (χ3v) is 7.25. The fourth-order valence-corrected chi connectivity index (χ4v) is 4.43. The van der Waals surface area contributed by atoms with Crippen LogP contribution in [0.25, 0.3) is 0 Å². The molecule has 0 aromatic heterocycles. The molecule has 28 heavy (non-hydrogen) atoms. The van der Waals surface area contributed by atoms with E-state index < -0.39 is 10.0 Å². The highest BCUT2D eigenvalue weighted by Crippen LogP contribution is 2.18. The molecule has 0 aliphatic carbocycles. The zero-order chi connectivity index (χ0) is 20.9. The Morgan fingerprint density at radius 1 is 1.21 bits per heavy atom. The number of carbonyl (C=O) groups is 1. The van der Waals surface area contributed by atoms with Gasteiger partial charge in [0.25, 0.3) is 5.91 Å². The van der Waals surface area contributed by atoms with Crippen molar-refractivity contribution in [1.29, 1.82) is 0 Å². The van der Waals surface area contributed by atoms with Crippen LogP contribution in [0.4, 0.5) is 0 Å². The molecule has 156 valence electrons. The van der Waals surface area contributed by atoms with Gasteiger partial charge in [-0.1, -0.05) is 11.6 Å². The Balaban J connectivity index is 1.93. The first-order valence-corrected chi connectivity index (χ1v) is 11.3. The quantitative estimate of drug-likeness (QED) is 0.706. The van der Waals surface area contributed by atoms with Gasteiger partial charge in [-0.3, -0.25) is 9.69 Å². The van der Waals surface area contributed by atoms with Gasteiger partial charge in [0.15, 0.2) is 0 Å². The summed E-state index contributed by atoms with van der Waals surface area (Å²) in [6, 6.07) is 6.21. The van der Waals surface area contributed by atoms with Gasteiger partial charge in [-0.25, -0.2) is 8.42 Å². The maximum absolute atomic E-state index is 12.5. The highest BCUT2D eigenvalue weighted by molar-refractivity contribution is 7.89. The molecule has 1 aliphatic heterocycles. The summed E-state index contributed by atoms with van der Waals surface area (Å²) in [6.45, 7) is 10.7. The van der Waals surface area contributed by atoms with Gasteiger partial charge in [0, 0.05) is 44.3 Å². The van der Waals surface area contributed by atoms with Gasteiger partial charge >= 0.3 is 0 Å². The number of hydrogen-bond acceptors (Lipinski definition) is 4. The summed E-state index contributed by atoms with van der Waals surface area (Å²) >= 11 is 0. The van der Waals surface area contributed by atoms with Gasteiger partial charge in [-0.2, -0.15) is 4.31 Å². The van der Waals surface area contributed by atoms with Crippen LogP contribution in [0.15, 0.2) is 40.8 Å². The smallest absolute Gasteiger partial charge is 0.251 e. The van der Waals surface area contributed by atoms with Gasteiger partial charge in [-0.05, 0) is 64.8 Å². The molecule has 1 N–H and O–H groups in total. The van der Waals surface area contributed by atoms with E-state index in [1.165, 1.54) is 22.0 Å². The van der Waals surface area contributed by atoms with Gasteiger partial charge in [-0.15, -0.1) is 0 Å². The zero-order valence-corrected chi connectivity index (χ0v) is 18.4. The summed E-state index contributed by atoms with van der Waals surface area (Å²) in [7, 11) is -1.97. The van der Waals surface area contributed by atoms with Crippen molar-refractivity contribution < 1.29 is 13.2 Å². The number of amides is 1. The van der Waals surface area contributed by atoms with Crippen LogP contribution in [0.5, 0.6) is 0 Å². The molecule has 1 aromatic carbocycles. The molecule has 1 aromatic rings. The number of piperidine rings is 1. The second-order valence-corrected chi connectivity index (χ2v) is 9.97. The Morgan fingerprint density at radius 3 is 2.29 bits per heavy atom. The van der Waals surface area contributed by atoms with Crippen molar-refractivity contribution in [1.82, 2.24) is 14.5 Å². The van der Waals surface area contributed by atoms with Gasteiger partial charge in [0.1, 0.15) is 0 Å². The molecule has 1 heterocycles. The van der Waals surface area contributed by atoms with E-state index in [4.69, 9.17) is 0 Å². The number of nitrogens with zero attached hydrogens (tertiary/aromatic N) is 2. The number of allylic oxidation sites excluding steroid dienone is 1. The van der Waals surface area contributed by atoms with Crippen LogP contribution in [-0.2, 0) is 10.0 Å². The summed E-state index contributed by atoms with van der Waals surface area (Å²) in [4.78, 5) is 15.1. The Bertz CT molecular complexity index is 789. The van der Waals surface area contributed by atoms with Crippen LogP contribution in [-0.4, -0.2) is 62.3 Å². The van der Waals surface area contributed by atoms with Crippen molar-refractivity contribution in [3.8, 4) is 0 Å². The van der Waals surface area contributed by atoms with E-state index in [2.05, 4.69) is 30.1 Å². The fourth-order valence-electron chi connectivity index (χ4n) is 3.06. The van der Waals surface area contributed by atoms with Crippen molar-refractivity contribution >= 4 is 15.9 Å². The first-order chi connectivity index (χ1) is 13.1. The largest absolute Gasteiger partial charge is 0.349 e. The van der Waals surface area contributed by atoms with Gasteiger partial charge in [0.05, 0.1) is 4.90 Å². The molecular formula is C21H33N3O3S. The predicted octanol–water partition coefficient (Wildman–Crippen LogP) is 2.88. The molecule has 1 fully saturated rings. The number of nitrogens with one attached hydrogen (secondary N) is 1. The minimum atomic E-state index is -3.53. The predicted molar refractivity (Wildman–Crippen MR) is 113 cm³/mol. The maximum Gasteiger partial charge on any atom is 0.251 e. The van der Waals surface area contributed by atoms with E-state index in [1.807, 2.05) is 13.8 Å². The van der Waals surface area contributed by atoms with Crippen LogP contribution in [0.3, 0.4) is 0 Å². The third kappa shape index (κ3) is 5.90. The Labute approximate surface area is 169 Å². The molecule has 0 unspecified atom stereocenters. The number of sulfonamides is 1. The second-order valence-electron chi connectivity index (χ2n) is 7.97. The average molecular weight is 408 g/mol. The van der Waals surface area contributed by atoms with Crippen molar-refractivity contribution in [2.45, 2.75) is 57.5 Å². The molecule has 1 aliphatic rings. The SMILES string of the molecule is CC(C)=CCN1CCC(NC(=O)c2ccc(S(=O)(=O)N(C)C(C)C)cc2)CC1. The standard InChI is InChI=1S/C21H33N3O3S/c1-16(2)10-13-24-14-11-19(12-15-24)22-21(25)18-6-8-20(9-7-18)28(26,27)23(5)17(3)4/h6-10,17,19H,11-15H2,1-5H3,(H,22,25). The minimum Gasteiger partial charge on any atom is -0.349 e. The fraction of sp³-hybridized carbons (Fsp3) is 0.571. The minimum absolute atomic E-state index is 0.129. The van der Waals surface area contributed by atoms with Crippen LogP contribution >= 0.6 is 0 Å². The van der Waals surface area contributed by atoms with Gasteiger partial charge < -0.3 is 5.32 Å². The van der Waals surface area contributed by atoms with Crippen LogP contribution in [0, 0.1) is 0 Å². The molecule has 6 nitrogen and oxygen atoms in total. The lowest BCUT2D eigenvalue weighted by Crippen LogP contribution is -2.44. The lowest BCUT2D eigenvalue weighted by atomic mass is 10.0. The number of carbonyl (C=O) groups excluding carboxylic acids is 1. The lowest BCUT2D eigenvalue weighted by molar-refractivity contribution is 0.0914. The highest BCUT2D eigenvalue weighted by atomic mass is 32.2. The molecule has 0 radical (unpaired) electrons. The molecule has 0 saturated carbocycles. The number of rotatable bonds is 7. The van der Waals surface area contributed by atoms with Crippen LogP contribution < -0.4 is 5.32 Å². The maximum atomic E-state index is 12.5. The zero-order valence-electron chi connectivity index (χ0n) is 17.6. The van der Waals surface area contributed by atoms with Gasteiger partial charge in [0.2, 0.25) is 10.0 Å². The van der Waals surface area contributed by atoms with Crippen molar-refractivity contribution in [2.24, 2.45) is 0 Å². The average Bonchev–Trinajstić information content (AvgIpc) is 2.66. The van der Waals surface area contributed by atoms with Crippen molar-refractivity contribution in [3.63, 3.8) is 0 Å². The number of hydrogen-bond donors (Lipinski definition) is 1. The highest BCUT2D eigenvalue weighted by Gasteiger charge is 2.24. The van der Waals surface area contributed by atoms with E-state index in [-0.39, 0.29) is 22.9 Å². The summed E-state index contributed by atoms with van der Waals surface area (Å²) < 4.78 is 26.4. The molecule has 1 amide bonds. The first-order valence-electron chi connectivity index (χ1n) is 9.86. The normalized spacial score (nSPS) is 16.4. The van der Waals surface area contributed by atoms with Crippen LogP contribution in [0.1, 0.15) is 50.9 Å². The van der Waals surface area contributed by atoms with Crippen molar-refractivity contribution in [2.75, 3.05) is 26.7 Å². The molecule has 7 heteroatoms. The van der Waals surface area contributed by atoms with Crippen molar-refractivity contribution in [3.05, 3.63) is 41.5 Å². The summed E-state index contributed by atoms with van der Waals surface area (Å²) in [5, 5.41) is 3.08. The topological polar surface area (TPSA) is 69.7 Å². The summed E-state index contributed by atoms with van der Waals surface area (Å²) in [5.41, 5.74) is 1.80. The second kappa shape index (κ2) is 9.67. The molecule has 2 rings (SSSR count). The van der Waals surface area contributed by atoms with E-state index in [9.17, 15) is 13.2 Å². The molecule has 0 spiro atoms. The molecule has 0 bridgehead atoms. The van der Waals surface area contributed by atoms with E-state index in [1.54, 1.807) is 19.2 Å². The third-order valence-electron chi connectivity index (χ3n) is 5.20. The Kier molecular flexibility index (Phi) is 7.80. The molecular weight excluding hydrogens is 374 g/mol. The monoisotopic (exact) mass is 407 g/mol. The number of benzene rings is 1. The molecule has 1 saturated heterocycles. The van der Waals surface area contributed by atoms with Crippen LogP contribution in [0.2, 0.25) is 0 Å². The van der Waals surface area contributed by atoms with E-state index in [0.29, 0.717) is 5.56 Å². The summed E-state index contributed by atoms with van der Waals surface area (Å²) in [5.74, 6) is -0.149. The van der Waals surface area contributed by atoms with E-state index >= 15 is 0 Å². The lowest BCUT2D eigenvalue weighted by Gasteiger charge is -2.31. The summed E-state index contributed by atoms with van der Waals surface area (Å²) in [6.07, 6.45) is 4.08. The number of likely N-dealkylation sites (tertiary alicyclic amines) is 1. The molecule has 0 atom stereocenters. The van der Waals surface area contributed by atoms with E-state index in [0.717, 1.165) is 32.5 Å². The Hall–Kier alpha value is -1.70. The Morgan fingerprint density at radius 2 is 1.79 bits per heavy atom. The first kappa shape index (κ1) is 22.6.